The molecule has 0 aliphatic heterocycles. The molecule has 0 radical (unpaired) electrons. The summed E-state index contributed by atoms with van der Waals surface area (Å²) in [5, 5.41) is 11.3. The van der Waals surface area contributed by atoms with Gasteiger partial charge >= 0.3 is 6.18 Å². The van der Waals surface area contributed by atoms with Crippen LogP contribution in [0.15, 0.2) is 42.5 Å². The molecule has 0 heterocycles. The number of nitrogens with one attached hydrogen (secondary N) is 1. The second-order valence-electron chi connectivity index (χ2n) is 6.00. The summed E-state index contributed by atoms with van der Waals surface area (Å²) in [5.74, 6) is 0.223. The van der Waals surface area contributed by atoms with Gasteiger partial charge in [0.05, 0.1) is 32.5 Å². The summed E-state index contributed by atoms with van der Waals surface area (Å²) in [5.41, 5.74) is 0.876. The summed E-state index contributed by atoms with van der Waals surface area (Å²) in [6.45, 7) is 0.697. The van der Waals surface area contributed by atoms with Crippen LogP contribution in [0.3, 0.4) is 0 Å². The molecular formula is C21H22F3NO4. The van der Waals surface area contributed by atoms with Crippen LogP contribution in [-0.4, -0.2) is 44.5 Å². The molecule has 0 unspecified atom stereocenters. The van der Waals surface area contributed by atoms with E-state index in [9.17, 15) is 18.0 Å². The Morgan fingerprint density at radius 2 is 1.83 bits per heavy atom. The van der Waals surface area contributed by atoms with Gasteiger partial charge in [0, 0.05) is 17.7 Å². The minimum Gasteiger partial charge on any atom is -0.496 e. The van der Waals surface area contributed by atoms with E-state index in [-0.39, 0.29) is 25.7 Å². The van der Waals surface area contributed by atoms with Crippen molar-refractivity contribution in [2.24, 2.45) is 0 Å². The monoisotopic (exact) mass is 409 g/mol. The molecule has 0 atom stereocenters. The lowest BCUT2D eigenvalue weighted by molar-refractivity contribution is -0.137. The maximum atomic E-state index is 12.6. The van der Waals surface area contributed by atoms with Crippen molar-refractivity contribution in [2.75, 3.05) is 33.5 Å². The molecule has 2 N–H and O–H groups in total. The topological polar surface area (TPSA) is 67.8 Å². The average Bonchev–Trinajstić information content (AvgIpc) is 2.71. The molecule has 0 bridgehead atoms. The van der Waals surface area contributed by atoms with E-state index in [1.54, 1.807) is 30.4 Å². The number of ether oxygens (including phenoxy) is 2. The Labute approximate surface area is 166 Å². The number of benzene rings is 2. The summed E-state index contributed by atoms with van der Waals surface area (Å²) in [6, 6.07) is 9.65. The molecule has 0 aliphatic carbocycles. The van der Waals surface area contributed by atoms with Crippen LogP contribution < -0.4 is 10.1 Å². The number of alkyl halides is 3. The van der Waals surface area contributed by atoms with Gasteiger partial charge in [-0.05, 0) is 35.9 Å². The highest BCUT2D eigenvalue weighted by Gasteiger charge is 2.29. The van der Waals surface area contributed by atoms with E-state index >= 15 is 0 Å². The minimum absolute atomic E-state index is 0.0823. The number of hydrogen-bond acceptors (Lipinski definition) is 4. The van der Waals surface area contributed by atoms with E-state index < -0.39 is 11.7 Å². The number of amides is 1. The van der Waals surface area contributed by atoms with Crippen molar-refractivity contribution in [1.29, 1.82) is 0 Å². The second kappa shape index (κ2) is 10.6. The predicted molar refractivity (Wildman–Crippen MR) is 104 cm³/mol. The zero-order valence-electron chi connectivity index (χ0n) is 15.8. The number of methoxy groups -OCH3 is 1. The summed E-state index contributed by atoms with van der Waals surface area (Å²) in [7, 11) is 1.49. The lowest BCUT2D eigenvalue weighted by Gasteiger charge is -2.09. The molecule has 0 saturated carbocycles. The maximum Gasteiger partial charge on any atom is 0.416 e. The van der Waals surface area contributed by atoms with E-state index in [1.165, 1.54) is 19.2 Å². The highest BCUT2D eigenvalue weighted by atomic mass is 19.4. The van der Waals surface area contributed by atoms with E-state index in [2.05, 4.69) is 5.32 Å². The Kier molecular flexibility index (Phi) is 8.23. The standard InChI is InChI=1S/C21H22F3NO4/c1-28-19-9-6-17(20(27)25-10-12-29-13-11-26)14-16(19)5-2-15-3-7-18(8-4-15)21(22,23)24/h2-9,14,26H,10-13H2,1H3,(H,25,27)/b5-2+. The first-order valence-corrected chi connectivity index (χ1v) is 8.85. The van der Waals surface area contributed by atoms with Crippen LogP contribution in [-0.2, 0) is 10.9 Å². The van der Waals surface area contributed by atoms with Gasteiger partial charge in [0.2, 0.25) is 0 Å². The van der Waals surface area contributed by atoms with Crippen LogP contribution >= 0.6 is 0 Å². The van der Waals surface area contributed by atoms with Gasteiger partial charge in [-0.25, -0.2) is 0 Å². The zero-order valence-corrected chi connectivity index (χ0v) is 15.8. The number of hydrogen-bond donors (Lipinski definition) is 2. The van der Waals surface area contributed by atoms with Crippen molar-refractivity contribution in [3.63, 3.8) is 0 Å². The smallest absolute Gasteiger partial charge is 0.416 e. The summed E-state index contributed by atoms with van der Waals surface area (Å²) < 4.78 is 48.3. The van der Waals surface area contributed by atoms with Gasteiger partial charge in [0.1, 0.15) is 5.75 Å². The van der Waals surface area contributed by atoms with Gasteiger partial charge in [0.25, 0.3) is 5.91 Å². The highest BCUT2D eigenvalue weighted by Crippen LogP contribution is 2.29. The number of aliphatic hydroxyl groups excluding tert-OH is 1. The summed E-state index contributed by atoms with van der Waals surface area (Å²) in [6.07, 6.45) is -1.07. The molecule has 0 aliphatic rings. The molecule has 0 spiro atoms. The van der Waals surface area contributed by atoms with E-state index in [0.29, 0.717) is 29.0 Å². The van der Waals surface area contributed by atoms with Gasteiger partial charge in [-0.1, -0.05) is 24.3 Å². The number of aliphatic hydroxyl groups is 1. The van der Waals surface area contributed by atoms with Gasteiger partial charge in [0.15, 0.2) is 0 Å². The van der Waals surface area contributed by atoms with Crippen molar-refractivity contribution in [3.05, 3.63) is 64.7 Å². The third-order valence-corrected chi connectivity index (χ3v) is 3.95. The predicted octanol–water partition coefficient (Wildman–Crippen LogP) is 3.62. The quantitative estimate of drug-likeness (QED) is 0.490. The molecular weight excluding hydrogens is 387 g/mol. The third kappa shape index (κ3) is 6.92. The molecule has 2 rings (SSSR count). The molecule has 0 fully saturated rings. The molecule has 2 aromatic carbocycles. The van der Waals surface area contributed by atoms with E-state index in [0.717, 1.165) is 12.1 Å². The normalized spacial score (nSPS) is 11.6. The number of carbonyl (C=O) groups is 1. The third-order valence-electron chi connectivity index (χ3n) is 3.95. The van der Waals surface area contributed by atoms with Crippen molar-refractivity contribution in [1.82, 2.24) is 5.32 Å². The second-order valence-corrected chi connectivity index (χ2v) is 6.00. The van der Waals surface area contributed by atoms with Gasteiger partial charge in [-0.2, -0.15) is 13.2 Å². The Bertz CT molecular complexity index is 833. The minimum atomic E-state index is -4.38. The molecule has 8 heteroatoms. The first kappa shape index (κ1) is 22.4. The van der Waals surface area contributed by atoms with Crippen LogP contribution in [0.1, 0.15) is 27.0 Å². The number of halogens is 3. The van der Waals surface area contributed by atoms with E-state index in [4.69, 9.17) is 14.6 Å². The first-order valence-electron chi connectivity index (χ1n) is 8.85. The molecule has 29 heavy (non-hydrogen) atoms. The number of carbonyl (C=O) groups excluding carboxylic acids is 1. The van der Waals surface area contributed by atoms with Crippen LogP contribution in [0.25, 0.3) is 12.2 Å². The van der Waals surface area contributed by atoms with Crippen molar-refractivity contribution in [2.45, 2.75) is 6.18 Å². The molecule has 156 valence electrons. The Balaban J connectivity index is 2.10. The molecule has 0 aromatic heterocycles. The molecule has 0 saturated heterocycles. The molecule has 1 amide bonds. The number of rotatable bonds is 9. The first-order chi connectivity index (χ1) is 13.8. The molecule has 5 nitrogen and oxygen atoms in total. The van der Waals surface area contributed by atoms with Crippen molar-refractivity contribution in [3.8, 4) is 5.75 Å². The Morgan fingerprint density at radius 1 is 1.10 bits per heavy atom. The highest BCUT2D eigenvalue weighted by molar-refractivity contribution is 5.95. The fourth-order valence-electron chi connectivity index (χ4n) is 2.48. The van der Waals surface area contributed by atoms with Crippen molar-refractivity contribution < 1.29 is 32.5 Å². The van der Waals surface area contributed by atoms with Gasteiger partial charge in [-0.15, -0.1) is 0 Å². The van der Waals surface area contributed by atoms with Gasteiger partial charge in [-0.3, -0.25) is 4.79 Å². The van der Waals surface area contributed by atoms with E-state index in [1.807, 2.05) is 0 Å². The van der Waals surface area contributed by atoms with Crippen LogP contribution in [0.2, 0.25) is 0 Å². The Morgan fingerprint density at radius 3 is 2.45 bits per heavy atom. The lowest BCUT2D eigenvalue weighted by atomic mass is 10.1. The average molecular weight is 409 g/mol. The Hall–Kier alpha value is -2.84. The fourth-order valence-corrected chi connectivity index (χ4v) is 2.48. The fraction of sp³-hybridized carbons (Fsp3) is 0.286. The zero-order chi connectivity index (χ0) is 21.3. The SMILES string of the molecule is COc1ccc(C(=O)NCCOCCO)cc1/C=C/c1ccc(C(F)(F)F)cc1. The maximum absolute atomic E-state index is 12.6. The largest absolute Gasteiger partial charge is 0.496 e. The van der Waals surface area contributed by atoms with Crippen LogP contribution in [0.4, 0.5) is 13.2 Å². The van der Waals surface area contributed by atoms with Crippen LogP contribution in [0, 0.1) is 0 Å². The summed E-state index contributed by atoms with van der Waals surface area (Å²) >= 11 is 0. The summed E-state index contributed by atoms with van der Waals surface area (Å²) in [4.78, 5) is 12.2. The molecule has 2 aromatic rings. The van der Waals surface area contributed by atoms with Gasteiger partial charge < -0.3 is 19.9 Å². The lowest BCUT2D eigenvalue weighted by Crippen LogP contribution is -2.27. The van der Waals surface area contributed by atoms with Crippen molar-refractivity contribution >= 4 is 18.1 Å². The van der Waals surface area contributed by atoms with Crippen LogP contribution in [0.5, 0.6) is 5.75 Å².